The van der Waals surface area contributed by atoms with Crippen LogP contribution in [-0.4, -0.2) is 30.5 Å². The Morgan fingerprint density at radius 1 is 1.00 bits per heavy atom. The van der Waals surface area contributed by atoms with Gasteiger partial charge in [-0.3, -0.25) is 5.32 Å². The molecule has 2 amide bonds. The van der Waals surface area contributed by atoms with Gasteiger partial charge in [-0.15, -0.1) is 0 Å². The molecule has 0 aliphatic rings. The van der Waals surface area contributed by atoms with E-state index in [2.05, 4.69) is 4.74 Å². The van der Waals surface area contributed by atoms with E-state index in [1.165, 1.54) is 25.2 Å². The molecule has 6 nitrogen and oxygen atoms in total. The van der Waals surface area contributed by atoms with Gasteiger partial charge in [-0.05, 0) is 55.8 Å². The summed E-state index contributed by atoms with van der Waals surface area (Å²) in [6, 6.07) is 5.04. The molecule has 11 heteroatoms. The van der Waals surface area contributed by atoms with Crippen LogP contribution in [-0.2, 0) is 9.53 Å². The molecule has 0 radical (unpaired) electrons. The number of carbonyl (C=O) groups excluding carboxylic acids is 2. The van der Waals surface area contributed by atoms with E-state index in [-0.39, 0.29) is 5.69 Å². The number of carbonyl (C=O) groups is 2. The van der Waals surface area contributed by atoms with E-state index in [0.29, 0.717) is 5.56 Å². The molecule has 2 aromatic rings. The van der Waals surface area contributed by atoms with Gasteiger partial charge < -0.3 is 14.8 Å². The zero-order valence-corrected chi connectivity index (χ0v) is 15.8. The molecule has 162 valence electrons. The van der Waals surface area contributed by atoms with Crippen molar-refractivity contribution in [2.45, 2.75) is 25.7 Å². The first kappa shape index (κ1) is 22.9. The van der Waals surface area contributed by atoms with Gasteiger partial charge in [0.25, 0.3) is 0 Å². The summed E-state index contributed by atoms with van der Waals surface area (Å²) >= 11 is 0. The lowest BCUT2D eigenvalue weighted by molar-refractivity contribution is -0.259. The highest BCUT2D eigenvalue weighted by atomic mass is 19.4. The normalized spacial score (nSPS) is 13.2. The summed E-state index contributed by atoms with van der Waals surface area (Å²) in [6.07, 6.45) is -5.48. The van der Waals surface area contributed by atoms with Gasteiger partial charge in [0.2, 0.25) is 0 Å². The maximum Gasteiger partial charge on any atom is 0.460 e. The van der Waals surface area contributed by atoms with Crippen LogP contribution >= 0.6 is 0 Å². The largest absolute Gasteiger partial charge is 0.461 e. The van der Waals surface area contributed by atoms with Crippen molar-refractivity contribution in [3.63, 3.8) is 0 Å². The first-order valence-electron chi connectivity index (χ1n) is 8.52. The molecular formula is C19H17F5N2O4. The Balaban J connectivity index is 2.42. The smallest absolute Gasteiger partial charge is 0.460 e. The predicted octanol–water partition coefficient (Wildman–Crippen LogP) is 4.30. The minimum Gasteiger partial charge on any atom is -0.461 e. The fourth-order valence-corrected chi connectivity index (χ4v) is 2.32. The summed E-state index contributed by atoms with van der Waals surface area (Å²) in [5.74, 6) is -4.02. The quantitative estimate of drug-likeness (QED) is 0.406. The van der Waals surface area contributed by atoms with Crippen molar-refractivity contribution in [3.8, 4) is 5.75 Å². The molecule has 30 heavy (non-hydrogen) atoms. The van der Waals surface area contributed by atoms with Crippen LogP contribution < -0.4 is 15.4 Å². The topological polar surface area (TPSA) is 76.7 Å². The third kappa shape index (κ3) is 5.16. The van der Waals surface area contributed by atoms with Gasteiger partial charge in [-0.2, -0.15) is 13.2 Å². The molecule has 0 saturated heterocycles. The highest BCUT2D eigenvalue weighted by molar-refractivity contribution is 5.94. The number of hydrogen-bond acceptors (Lipinski definition) is 4. The number of nitrogens with one attached hydrogen (secondary N) is 2. The summed E-state index contributed by atoms with van der Waals surface area (Å²) < 4.78 is 77.6. The van der Waals surface area contributed by atoms with E-state index in [4.69, 9.17) is 4.74 Å². The molecule has 0 bridgehead atoms. The van der Waals surface area contributed by atoms with Crippen LogP contribution in [0.5, 0.6) is 5.75 Å². The number of anilines is 1. The average Bonchev–Trinajstić information content (AvgIpc) is 2.65. The van der Waals surface area contributed by atoms with Crippen molar-refractivity contribution in [2.24, 2.45) is 0 Å². The fourth-order valence-electron chi connectivity index (χ4n) is 2.32. The first-order chi connectivity index (χ1) is 14.0. The average molecular weight is 432 g/mol. The van der Waals surface area contributed by atoms with Crippen molar-refractivity contribution < 1.29 is 41.0 Å². The Morgan fingerprint density at radius 3 is 2.17 bits per heavy atom. The van der Waals surface area contributed by atoms with Crippen LogP contribution in [0, 0.1) is 18.6 Å². The number of benzene rings is 2. The van der Waals surface area contributed by atoms with Gasteiger partial charge in [0.05, 0.1) is 6.61 Å². The van der Waals surface area contributed by atoms with Crippen molar-refractivity contribution in [2.75, 3.05) is 11.9 Å². The van der Waals surface area contributed by atoms with Gasteiger partial charge in [-0.25, -0.2) is 18.4 Å². The highest BCUT2D eigenvalue weighted by Gasteiger charge is 2.66. The number of amides is 2. The second kappa shape index (κ2) is 8.97. The molecule has 0 unspecified atom stereocenters. The Kier molecular flexibility index (Phi) is 6.85. The molecule has 0 heterocycles. The molecule has 1 atom stereocenters. The summed E-state index contributed by atoms with van der Waals surface area (Å²) in [6.45, 7) is 2.29. The van der Waals surface area contributed by atoms with Crippen LogP contribution in [0.15, 0.2) is 42.5 Å². The summed E-state index contributed by atoms with van der Waals surface area (Å²) in [5.41, 5.74) is -3.74. The number of alkyl halides is 3. The number of hydrogen-bond donors (Lipinski definition) is 2. The van der Waals surface area contributed by atoms with E-state index in [9.17, 15) is 31.5 Å². The third-order valence-corrected chi connectivity index (χ3v) is 3.78. The lowest BCUT2D eigenvalue weighted by Crippen LogP contribution is -2.69. The van der Waals surface area contributed by atoms with E-state index in [1.807, 2.05) is 5.32 Å². The summed E-state index contributed by atoms with van der Waals surface area (Å²) in [4.78, 5) is 24.5. The Bertz CT molecular complexity index is 918. The number of rotatable bonds is 6. The SMILES string of the molecule is CCOC(=O)[C@@](NC(=O)Nc1cc(F)ccc1C)(Oc1ccc(F)cc1)C(F)(F)F. The van der Waals surface area contributed by atoms with Gasteiger partial charge in [0.1, 0.15) is 17.4 Å². The van der Waals surface area contributed by atoms with Gasteiger partial charge >= 0.3 is 23.9 Å². The number of ether oxygens (including phenoxy) is 2. The fraction of sp³-hybridized carbons (Fsp3) is 0.263. The van der Waals surface area contributed by atoms with Crippen LogP contribution in [0.3, 0.4) is 0 Å². The van der Waals surface area contributed by atoms with Gasteiger partial charge in [-0.1, -0.05) is 6.07 Å². The Hall–Kier alpha value is -3.37. The molecule has 0 fully saturated rings. The van der Waals surface area contributed by atoms with Crippen molar-refractivity contribution in [3.05, 3.63) is 59.7 Å². The molecule has 0 aliphatic carbocycles. The van der Waals surface area contributed by atoms with Crippen molar-refractivity contribution in [1.29, 1.82) is 0 Å². The first-order valence-corrected chi connectivity index (χ1v) is 8.52. The lowest BCUT2D eigenvalue weighted by atomic mass is 10.2. The highest BCUT2D eigenvalue weighted by Crippen LogP contribution is 2.34. The van der Waals surface area contributed by atoms with Gasteiger partial charge in [0.15, 0.2) is 0 Å². The Morgan fingerprint density at radius 2 is 1.60 bits per heavy atom. The zero-order valence-electron chi connectivity index (χ0n) is 15.8. The number of urea groups is 1. The second-order valence-electron chi connectivity index (χ2n) is 5.99. The van der Waals surface area contributed by atoms with Crippen LogP contribution in [0.4, 0.5) is 32.4 Å². The zero-order chi connectivity index (χ0) is 22.5. The van der Waals surface area contributed by atoms with Crippen LogP contribution in [0.1, 0.15) is 12.5 Å². The molecule has 0 aromatic heterocycles. The van der Waals surface area contributed by atoms with E-state index < -0.39 is 47.9 Å². The minimum atomic E-state index is -5.48. The number of aryl methyl sites for hydroxylation is 1. The lowest BCUT2D eigenvalue weighted by Gasteiger charge is -2.34. The van der Waals surface area contributed by atoms with E-state index in [0.717, 1.165) is 36.4 Å². The monoisotopic (exact) mass is 432 g/mol. The summed E-state index contributed by atoms with van der Waals surface area (Å²) in [5, 5.41) is 3.46. The maximum absolute atomic E-state index is 14.0. The second-order valence-corrected chi connectivity index (χ2v) is 5.99. The third-order valence-electron chi connectivity index (χ3n) is 3.78. The summed E-state index contributed by atoms with van der Waals surface area (Å²) in [7, 11) is 0. The maximum atomic E-state index is 14.0. The number of esters is 1. The minimum absolute atomic E-state index is 0.130. The molecule has 0 saturated carbocycles. The molecule has 2 rings (SSSR count). The van der Waals surface area contributed by atoms with Crippen LogP contribution in [0.25, 0.3) is 0 Å². The number of halogens is 5. The molecule has 2 aromatic carbocycles. The molecule has 0 spiro atoms. The molecule has 0 aliphatic heterocycles. The Labute approximate surface area is 168 Å². The van der Waals surface area contributed by atoms with Crippen molar-refractivity contribution >= 4 is 17.7 Å². The standard InChI is InChI=1S/C19H17F5N2O4/c1-3-29-16(27)18(19(22,23)24,30-14-8-6-12(20)7-9-14)26-17(28)25-15-10-13(21)5-4-11(15)2/h4-10H,3H2,1-2H3,(H2,25,26,28)/t18-/m1/s1. The molecule has 2 N–H and O–H groups in total. The van der Waals surface area contributed by atoms with Crippen molar-refractivity contribution in [1.82, 2.24) is 5.32 Å². The van der Waals surface area contributed by atoms with E-state index in [1.54, 1.807) is 0 Å². The van der Waals surface area contributed by atoms with Crippen LogP contribution in [0.2, 0.25) is 0 Å². The van der Waals surface area contributed by atoms with E-state index >= 15 is 0 Å². The predicted molar refractivity (Wildman–Crippen MR) is 95.7 cm³/mol. The van der Waals surface area contributed by atoms with Gasteiger partial charge in [0, 0.05) is 5.69 Å². The molecular weight excluding hydrogens is 415 g/mol.